The van der Waals surface area contributed by atoms with Gasteiger partial charge in [-0.1, -0.05) is 12.1 Å². The molecule has 0 bridgehead atoms. The third-order valence-electron chi connectivity index (χ3n) is 1.74. The van der Waals surface area contributed by atoms with Crippen LogP contribution in [0, 0.1) is 0 Å². The van der Waals surface area contributed by atoms with Crippen LogP contribution in [0.1, 0.15) is 12.0 Å². The Morgan fingerprint density at radius 1 is 1.36 bits per heavy atom. The molecule has 1 aromatic rings. The van der Waals surface area contributed by atoms with Crippen molar-refractivity contribution >= 4 is 18.3 Å². The molecule has 1 amide bonds. The molecule has 4 N–H and O–H groups in total. The van der Waals surface area contributed by atoms with Gasteiger partial charge in [-0.15, -0.1) is 12.4 Å². The van der Waals surface area contributed by atoms with Crippen LogP contribution in [0.2, 0.25) is 0 Å². The van der Waals surface area contributed by atoms with E-state index in [2.05, 4.69) is 5.43 Å². The number of benzene rings is 1. The van der Waals surface area contributed by atoms with E-state index >= 15 is 0 Å². The average Bonchev–Trinajstić information content (AvgIpc) is 2.16. The standard InChI is InChI=1S/C9H12N2O2.ClH/c10-11-9(13)6-3-7-1-4-8(12)5-2-7;/h1-2,4-5,12H,3,6,10H2,(H,11,13);1H. The molecule has 0 spiro atoms. The van der Waals surface area contributed by atoms with Gasteiger partial charge in [0.15, 0.2) is 0 Å². The fourth-order valence-corrected chi connectivity index (χ4v) is 0.993. The van der Waals surface area contributed by atoms with E-state index in [0.29, 0.717) is 12.8 Å². The molecule has 0 aliphatic carbocycles. The Kier molecular flexibility index (Phi) is 5.67. The van der Waals surface area contributed by atoms with Gasteiger partial charge >= 0.3 is 0 Å². The molecule has 1 rings (SSSR count). The van der Waals surface area contributed by atoms with Crippen LogP contribution in [0.3, 0.4) is 0 Å². The summed E-state index contributed by atoms with van der Waals surface area (Å²) in [6.45, 7) is 0. The number of aromatic hydroxyl groups is 1. The molecule has 5 heteroatoms. The van der Waals surface area contributed by atoms with Crippen molar-refractivity contribution in [2.24, 2.45) is 5.84 Å². The first-order valence-electron chi connectivity index (χ1n) is 3.99. The second kappa shape index (κ2) is 6.23. The minimum atomic E-state index is -0.187. The Hall–Kier alpha value is -1.26. The van der Waals surface area contributed by atoms with E-state index in [1.807, 2.05) is 0 Å². The lowest BCUT2D eigenvalue weighted by Gasteiger charge is -2.00. The van der Waals surface area contributed by atoms with E-state index in [1.165, 1.54) is 0 Å². The molecule has 0 aliphatic rings. The number of carbonyl (C=O) groups is 1. The first-order valence-corrected chi connectivity index (χ1v) is 3.99. The maximum Gasteiger partial charge on any atom is 0.234 e. The quantitative estimate of drug-likeness (QED) is 0.396. The van der Waals surface area contributed by atoms with E-state index < -0.39 is 0 Å². The van der Waals surface area contributed by atoms with Crippen molar-refractivity contribution in [1.29, 1.82) is 0 Å². The summed E-state index contributed by atoms with van der Waals surface area (Å²) in [5, 5.41) is 8.98. The number of carbonyl (C=O) groups excluding carboxylic acids is 1. The summed E-state index contributed by atoms with van der Waals surface area (Å²) in [4.78, 5) is 10.8. The number of hydrogen-bond acceptors (Lipinski definition) is 3. The number of nitrogens with one attached hydrogen (secondary N) is 1. The van der Waals surface area contributed by atoms with Crippen molar-refractivity contribution in [3.05, 3.63) is 29.8 Å². The second-order valence-electron chi connectivity index (χ2n) is 2.73. The van der Waals surface area contributed by atoms with Gasteiger partial charge in [0.1, 0.15) is 5.75 Å². The lowest BCUT2D eigenvalue weighted by Crippen LogP contribution is -2.30. The van der Waals surface area contributed by atoms with Gasteiger partial charge in [-0.05, 0) is 24.1 Å². The molecule has 0 saturated carbocycles. The number of hydrogen-bond donors (Lipinski definition) is 3. The van der Waals surface area contributed by atoms with Crippen LogP contribution in [0.25, 0.3) is 0 Å². The van der Waals surface area contributed by atoms with Crippen molar-refractivity contribution in [3.63, 3.8) is 0 Å². The topological polar surface area (TPSA) is 75.3 Å². The molecule has 0 saturated heterocycles. The molecule has 0 fully saturated rings. The zero-order valence-corrected chi connectivity index (χ0v) is 8.38. The van der Waals surface area contributed by atoms with Crippen LogP contribution in [-0.4, -0.2) is 11.0 Å². The Morgan fingerprint density at radius 3 is 2.43 bits per heavy atom. The van der Waals surface area contributed by atoms with Crippen LogP contribution in [-0.2, 0) is 11.2 Å². The van der Waals surface area contributed by atoms with Crippen molar-refractivity contribution in [2.75, 3.05) is 0 Å². The third kappa shape index (κ3) is 4.11. The summed E-state index contributed by atoms with van der Waals surface area (Å²) >= 11 is 0. The number of nitrogens with two attached hydrogens (primary N) is 1. The molecule has 0 aliphatic heterocycles. The van der Waals surface area contributed by atoms with Crippen molar-refractivity contribution in [3.8, 4) is 5.75 Å². The van der Waals surface area contributed by atoms with Gasteiger partial charge in [-0.25, -0.2) is 5.84 Å². The van der Waals surface area contributed by atoms with Crippen LogP contribution in [0.5, 0.6) is 5.75 Å². The highest BCUT2D eigenvalue weighted by molar-refractivity contribution is 5.85. The van der Waals surface area contributed by atoms with Gasteiger partial charge in [0.2, 0.25) is 5.91 Å². The third-order valence-corrected chi connectivity index (χ3v) is 1.74. The van der Waals surface area contributed by atoms with Gasteiger partial charge in [0, 0.05) is 6.42 Å². The molecular weight excluding hydrogens is 204 g/mol. The van der Waals surface area contributed by atoms with Crippen molar-refractivity contribution < 1.29 is 9.90 Å². The minimum Gasteiger partial charge on any atom is -0.508 e. The van der Waals surface area contributed by atoms with Crippen molar-refractivity contribution in [2.45, 2.75) is 12.8 Å². The number of rotatable bonds is 3. The maximum absolute atomic E-state index is 10.8. The maximum atomic E-state index is 10.8. The summed E-state index contributed by atoms with van der Waals surface area (Å²) in [6, 6.07) is 6.74. The van der Waals surface area contributed by atoms with Gasteiger partial charge in [-0.2, -0.15) is 0 Å². The van der Waals surface area contributed by atoms with Crippen LogP contribution in [0.15, 0.2) is 24.3 Å². The fourth-order valence-electron chi connectivity index (χ4n) is 0.993. The summed E-state index contributed by atoms with van der Waals surface area (Å²) in [5.41, 5.74) is 3.06. The molecule has 0 aromatic heterocycles. The average molecular weight is 217 g/mol. The van der Waals surface area contributed by atoms with Gasteiger partial charge in [0.05, 0.1) is 0 Å². The van der Waals surface area contributed by atoms with E-state index in [0.717, 1.165) is 5.56 Å². The van der Waals surface area contributed by atoms with E-state index in [9.17, 15) is 4.79 Å². The number of phenolic OH excluding ortho intramolecular Hbond substituents is 1. The molecule has 1 aromatic carbocycles. The molecule has 0 unspecified atom stereocenters. The monoisotopic (exact) mass is 216 g/mol. The number of aryl methyl sites for hydroxylation is 1. The highest BCUT2D eigenvalue weighted by atomic mass is 35.5. The fraction of sp³-hybridized carbons (Fsp3) is 0.222. The smallest absolute Gasteiger partial charge is 0.234 e. The molecule has 0 radical (unpaired) electrons. The summed E-state index contributed by atoms with van der Waals surface area (Å²) in [7, 11) is 0. The van der Waals surface area contributed by atoms with Gasteiger partial charge in [-0.3, -0.25) is 10.2 Å². The Morgan fingerprint density at radius 2 is 1.93 bits per heavy atom. The zero-order chi connectivity index (χ0) is 9.68. The number of amides is 1. The molecule has 0 heterocycles. The lowest BCUT2D eigenvalue weighted by molar-refractivity contribution is -0.121. The molecule has 78 valence electrons. The highest BCUT2D eigenvalue weighted by Gasteiger charge is 1.99. The van der Waals surface area contributed by atoms with Crippen LogP contribution in [0.4, 0.5) is 0 Å². The SMILES string of the molecule is Cl.NNC(=O)CCc1ccc(O)cc1. The second-order valence-corrected chi connectivity index (χ2v) is 2.73. The first-order chi connectivity index (χ1) is 6.22. The first kappa shape index (κ1) is 12.7. The van der Waals surface area contributed by atoms with E-state index in [-0.39, 0.29) is 24.1 Å². The van der Waals surface area contributed by atoms with E-state index in [1.54, 1.807) is 24.3 Å². The van der Waals surface area contributed by atoms with Crippen LogP contribution >= 0.6 is 12.4 Å². The Labute approximate surface area is 88.5 Å². The minimum absolute atomic E-state index is 0. The zero-order valence-electron chi connectivity index (χ0n) is 7.56. The van der Waals surface area contributed by atoms with Gasteiger partial charge in [0.25, 0.3) is 0 Å². The summed E-state index contributed by atoms with van der Waals surface area (Å²) < 4.78 is 0. The molecular formula is C9H13ClN2O2. The molecule has 4 nitrogen and oxygen atoms in total. The lowest BCUT2D eigenvalue weighted by atomic mass is 10.1. The number of hydrazine groups is 1. The largest absolute Gasteiger partial charge is 0.508 e. The summed E-state index contributed by atoms with van der Waals surface area (Å²) in [6.07, 6.45) is 0.991. The number of halogens is 1. The van der Waals surface area contributed by atoms with E-state index in [4.69, 9.17) is 10.9 Å². The molecule has 0 atom stereocenters. The normalized spacial score (nSPS) is 8.93. The summed E-state index contributed by atoms with van der Waals surface area (Å²) in [5.74, 6) is 4.96. The van der Waals surface area contributed by atoms with Crippen molar-refractivity contribution in [1.82, 2.24) is 5.43 Å². The predicted octanol–water partition coefficient (Wildman–Crippen LogP) is 0.737. The number of phenols is 1. The molecule has 14 heavy (non-hydrogen) atoms. The predicted molar refractivity (Wildman–Crippen MR) is 56.0 cm³/mol. The highest BCUT2D eigenvalue weighted by Crippen LogP contribution is 2.10. The van der Waals surface area contributed by atoms with Gasteiger partial charge < -0.3 is 5.11 Å². The van der Waals surface area contributed by atoms with Crippen LogP contribution < -0.4 is 11.3 Å². The Bertz CT molecular complexity index is 287. The Balaban J connectivity index is 0.00000169.